The van der Waals surface area contributed by atoms with Gasteiger partial charge in [-0.2, -0.15) is 0 Å². The van der Waals surface area contributed by atoms with Crippen molar-refractivity contribution < 1.29 is 14.3 Å². The summed E-state index contributed by atoms with van der Waals surface area (Å²) in [6.07, 6.45) is 0. The van der Waals surface area contributed by atoms with Crippen LogP contribution in [0.2, 0.25) is 0 Å². The van der Waals surface area contributed by atoms with Crippen molar-refractivity contribution >= 4 is 40.1 Å². The summed E-state index contributed by atoms with van der Waals surface area (Å²) >= 11 is 6.91. The van der Waals surface area contributed by atoms with E-state index < -0.39 is 10.8 Å². The molecule has 1 atom stereocenters. The molecule has 3 rings (SSSR count). The highest BCUT2D eigenvalue weighted by Gasteiger charge is 2.46. The quantitative estimate of drug-likeness (QED) is 0.757. The Morgan fingerprint density at radius 3 is 2.61 bits per heavy atom. The third-order valence-electron chi connectivity index (χ3n) is 4.57. The molecular weight excluding hydrogens is 392 g/mol. The maximum atomic E-state index is 13.2. The van der Waals surface area contributed by atoms with Gasteiger partial charge in [-0.05, 0) is 37.6 Å². The molecule has 0 spiro atoms. The van der Waals surface area contributed by atoms with Crippen LogP contribution in [0, 0.1) is 0 Å². The first-order valence-electron chi connectivity index (χ1n) is 8.85. The van der Waals surface area contributed by atoms with E-state index in [0.717, 1.165) is 5.56 Å². The molecule has 1 unspecified atom stereocenters. The topological polar surface area (TPSA) is 58.6 Å². The Balaban J connectivity index is 1.82. The van der Waals surface area contributed by atoms with Crippen LogP contribution in [0.3, 0.4) is 0 Å². The van der Waals surface area contributed by atoms with Crippen LogP contribution < -0.4 is 10.1 Å². The standard InChI is InChI=1S/C21H22N2O3S2/c1-21(2)17(22-18(24)15-10-7-11-16(12-15)26-3)19(25)23(20(27)28-21)13-14-8-5-4-6-9-14/h4-12,17H,13H2,1-3H3,(H,22,24). The van der Waals surface area contributed by atoms with E-state index in [1.54, 1.807) is 36.3 Å². The van der Waals surface area contributed by atoms with Crippen molar-refractivity contribution in [3.8, 4) is 5.75 Å². The number of thioether (sulfide) groups is 1. The number of thiocarbonyl (C=S) groups is 1. The molecule has 2 aromatic carbocycles. The highest BCUT2D eigenvalue weighted by molar-refractivity contribution is 8.24. The number of hydrogen-bond donors (Lipinski definition) is 1. The van der Waals surface area contributed by atoms with Gasteiger partial charge in [0, 0.05) is 10.3 Å². The van der Waals surface area contributed by atoms with Gasteiger partial charge in [-0.3, -0.25) is 14.5 Å². The van der Waals surface area contributed by atoms with E-state index in [-0.39, 0.29) is 11.8 Å². The van der Waals surface area contributed by atoms with Gasteiger partial charge in [-0.25, -0.2) is 0 Å². The molecule has 28 heavy (non-hydrogen) atoms. The van der Waals surface area contributed by atoms with Crippen LogP contribution in [0.15, 0.2) is 54.6 Å². The Morgan fingerprint density at radius 2 is 1.93 bits per heavy atom. The fourth-order valence-electron chi connectivity index (χ4n) is 3.00. The second-order valence-corrected chi connectivity index (χ2v) is 9.31. The Labute approximate surface area is 174 Å². The Hall–Kier alpha value is -2.38. The summed E-state index contributed by atoms with van der Waals surface area (Å²) < 4.78 is 5.14. The predicted octanol–water partition coefficient (Wildman–Crippen LogP) is 3.63. The average Bonchev–Trinajstić information content (AvgIpc) is 2.69. The van der Waals surface area contributed by atoms with E-state index in [2.05, 4.69) is 5.32 Å². The fraction of sp³-hybridized carbons (Fsp3) is 0.286. The molecule has 2 amide bonds. The average molecular weight is 415 g/mol. The van der Waals surface area contributed by atoms with Gasteiger partial charge in [0.1, 0.15) is 16.1 Å². The van der Waals surface area contributed by atoms with Crippen molar-refractivity contribution in [3.05, 3.63) is 65.7 Å². The lowest BCUT2D eigenvalue weighted by Crippen LogP contribution is -2.62. The highest BCUT2D eigenvalue weighted by atomic mass is 32.2. The van der Waals surface area contributed by atoms with Crippen molar-refractivity contribution in [2.75, 3.05) is 7.11 Å². The van der Waals surface area contributed by atoms with E-state index in [0.29, 0.717) is 22.2 Å². The molecule has 0 radical (unpaired) electrons. The molecule has 2 aromatic rings. The van der Waals surface area contributed by atoms with Crippen LogP contribution in [0.25, 0.3) is 0 Å². The fourth-order valence-corrected chi connectivity index (χ4v) is 4.80. The monoisotopic (exact) mass is 414 g/mol. The van der Waals surface area contributed by atoms with Gasteiger partial charge in [-0.15, -0.1) is 0 Å². The lowest BCUT2D eigenvalue weighted by molar-refractivity contribution is -0.130. The molecular formula is C21H22N2O3S2. The van der Waals surface area contributed by atoms with Crippen molar-refractivity contribution in [2.45, 2.75) is 31.2 Å². The molecule has 0 saturated carbocycles. The number of nitrogens with zero attached hydrogens (tertiary/aromatic N) is 1. The lowest BCUT2D eigenvalue weighted by atomic mass is 10.00. The molecule has 1 N–H and O–H groups in total. The summed E-state index contributed by atoms with van der Waals surface area (Å²) in [4.78, 5) is 27.6. The van der Waals surface area contributed by atoms with E-state index in [1.165, 1.54) is 11.8 Å². The van der Waals surface area contributed by atoms with Gasteiger partial charge in [0.25, 0.3) is 11.8 Å². The normalized spacial score (nSPS) is 18.7. The van der Waals surface area contributed by atoms with Crippen LogP contribution in [0.4, 0.5) is 0 Å². The summed E-state index contributed by atoms with van der Waals surface area (Å²) in [5.41, 5.74) is 1.42. The second kappa shape index (κ2) is 8.32. The molecule has 1 heterocycles. The maximum absolute atomic E-state index is 13.2. The van der Waals surface area contributed by atoms with Crippen molar-refractivity contribution in [2.24, 2.45) is 0 Å². The zero-order valence-electron chi connectivity index (χ0n) is 16.0. The predicted molar refractivity (Wildman–Crippen MR) is 116 cm³/mol. The van der Waals surface area contributed by atoms with Crippen LogP contribution in [-0.4, -0.2) is 38.9 Å². The first-order valence-corrected chi connectivity index (χ1v) is 10.1. The number of ether oxygens (including phenoxy) is 1. The lowest BCUT2D eigenvalue weighted by Gasteiger charge is -2.42. The van der Waals surface area contributed by atoms with Gasteiger partial charge < -0.3 is 10.1 Å². The highest BCUT2D eigenvalue weighted by Crippen LogP contribution is 2.37. The molecule has 1 saturated heterocycles. The number of carbonyl (C=O) groups is 2. The van der Waals surface area contributed by atoms with Crippen molar-refractivity contribution in [1.29, 1.82) is 0 Å². The van der Waals surface area contributed by atoms with Crippen molar-refractivity contribution in [3.63, 3.8) is 0 Å². The van der Waals surface area contributed by atoms with Gasteiger partial charge in [-0.1, -0.05) is 60.4 Å². The number of rotatable bonds is 5. The molecule has 0 bridgehead atoms. The summed E-state index contributed by atoms with van der Waals surface area (Å²) in [6.45, 7) is 4.21. The summed E-state index contributed by atoms with van der Waals surface area (Å²) in [7, 11) is 1.55. The minimum absolute atomic E-state index is 0.200. The number of amides is 2. The van der Waals surface area contributed by atoms with Crippen molar-refractivity contribution in [1.82, 2.24) is 10.2 Å². The number of carbonyl (C=O) groups excluding carboxylic acids is 2. The summed E-state index contributed by atoms with van der Waals surface area (Å²) in [5.74, 6) is 0.0652. The maximum Gasteiger partial charge on any atom is 0.252 e. The largest absolute Gasteiger partial charge is 0.497 e. The second-order valence-electron chi connectivity index (χ2n) is 7.02. The number of methoxy groups -OCH3 is 1. The zero-order chi connectivity index (χ0) is 20.3. The van der Waals surface area contributed by atoms with Gasteiger partial charge in [0.15, 0.2) is 0 Å². The number of nitrogens with one attached hydrogen (secondary N) is 1. The minimum atomic E-state index is -0.702. The zero-order valence-corrected chi connectivity index (χ0v) is 17.6. The number of benzene rings is 2. The molecule has 146 valence electrons. The first kappa shape index (κ1) is 20.4. The van der Waals surface area contributed by atoms with Gasteiger partial charge >= 0.3 is 0 Å². The first-order chi connectivity index (χ1) is 13.3. The summed E-state index contributed by atoms with van der Waals surface area (Å²) in [5, 5.41) is 2.90. The van der Waals surface area contributed by atoms with Crippen LogP contribution in [-0.2, 0) is 11.3 Å². The molecule has 1 aliphatic heterocycles. The number of hydrogen-bond acceptors (Lipinski definition) is 5. The Kier molecular flexibility index (Phi) is 6.05. The SMILES string of the molecule is COc1cccc(C(=O)NC2C(=O)N(Cc3ccccc3)C(=S)SC2(C)C)c1. The molecule has 7 heteroatoms. The molecule has 0 aliphatic carbocycles. The Bertz CT molecular complexity index is 900. The van der Waals surface area contributed by atoms with E-state index >= 15 is 0 Å². The molecule has 1 aliphatic rings. The van der Waals surface area contributed by atoms with Gasteiger partial charge in [0.2, 0.25) is 0 Å². The third kappa shape index (κ3) is 4.36. The van der Waals surface area contributed by atoms with E-state index in [9.17, 15) is 9.59 Å². The van der Waals surface area contributed by atoms with Gasteiger partial charge in [0.05, 0.1) is 13.7 Å². The van der Waals surface area contributed by atoms with Crippen LogP contribution in [0.1, 0.15) is 29.8 Å². The van der Waals surface area contributed by atoms with Crippen LogP contribution in [0.5, 0.6) is 5.75 Å². The molecule has 1 fully saturated rings. The third-order valence-corrected chi connectivity index (χ3v) is 6.20. The summed E-state index contributed by atoms with van der Waals surface area (Å²) in [6, 6.07) is 15.8. The molecule has 0 aromatic heterocycles. The van der Waals surface area contributed by atoms with Crippen LogP contribution >= 0.6 is 24.0 Å². The minimum Gasteiger partial charge on any atom is -0.497 e. The van der Waals surface area contributed by atoms with E-state index in [1.807, 2.05) is 44.2 Å². The Morgan fingerprint density at radius 1 is 1.21 bits per heavy atom. The van der Waals surface area contributed by atoms with E-state index in [4.69, 9.17) is 17.0 Å². The smallest absolute Gasteiger partial charge is 0.252 e. The molecule has 5 nitrogen and oxygen atoms in total.